The molecule has 0 spiro atoms. The molecule has 20 heavy (non-hydrogen) atoms. The summed E-state index contributed by atoms with van der Waals surface area (Å²) in [4.78, 5) is 10.2. The molecule has 1 aromatic carbocycles. The minimum absolute atomic E-state index is 0.165. The summed E-state index contributed by atoms with van der Waals surface area (Å²) in [5.74, 6) is 1.74. The Morgan fingerprint density at radius 3 is 2.45 bits per heavy atom. The highest BCUT2D eigenvalue weighted by Crippen LogP contribution is 2.27. The van der Waals surface area contributed by atoms with Gasteiger partial charge in [0.05, 0.1) is 4.92 Å². The molecule has 0 unspecified atom stereocenters. The first kappa shape index (κ1) is 15.0. The lowest BCUT2D eigenvalue weighted by molar-refractivity contribution is -0.384. The maximum absolute atomic E-state index is 10.6. The summed E-state index contributed by atoms with van der Waals surface area (Å²) in [5, 5.41) is 14.1. The third-order valence-corrected chi connectivity index (χ3v) is 4.31. The number of benzene rings is 1. The molecular weight excluding hydrogens is 252 g/mol. The largest absolute Gasteiger partial charge is 0.316 e. The van der Waals surface area contributed by atoms with Crippen LogP contribution >= 0.6 is 0 Å². The molecule has 0 saturated heterocycles. The maximum atomic E-state index is 10.6. The van der Waals surface area contributed by atoms with Crippen LogP contribution in [-0.4, -0.2) is 18.0 Å². The SMILES string of the molecule is CC1CCC(CNCCc2ccc([N+](=O)[O-])cc2)CC1. The number of hydrogen-bond donors (Lipinski definition) is 1. The highest BCUT2D eigenvalue weighted by atomic mass is 16.6. The van der Waals surface area contributed by atoms with Gasteiger partial charge in [-0.3, -0.25) is 10.1 Å². The molecule has 1 N–H and O–H groups in total. The third kappa shape index (κ3) is 4.60. The smallest absolute Gasteiger partial charge is 0.269 e. The van der Waals surface area contributed by atoms with E-state index < -0.39 is 0 Å². The maximum Gasteiger partial charge on any atom is 0.269 e. The van der Waals surface area contributed by atoms with Crippen LogP contribution in [0, 0.1) is 22.0 Å². The molecule has 0 amide bonds. The molecule has 4 nitrogen and oxygen atoms in total. The van der Waals surface area contributed by atoms with Crippen molar-refractivity contribution in [1.29, 1.82) is 0 Å². The molecule has 1 saturated carbocycles. The molecular formula is C16H24N2O2. The van der Waals surface area contributed by atoms with Crippen LogP contribution in [0.1, 0.15) is 38.2 Å². The van der Waals surface area contributed by atoms with E-state index in [1.54, 1.807) is 12.1 Å². The Bertz CT molecular complexity index is 423. The summed E-state index contributed by atoms with van der Waals surface area (Å²) in [6.07, 6.45) is 6.38. The molecule has 0 bridgehead atoms. The molecule has 0 aromatic heterocycles. The molecule has 0 atom stereocenters. The lowest BCUT2D eigenvalue weighted by Crippen LogP contribution is -2.27. The van der Waals surface area contributed by atoms with E-state index in [-0.39, 0.29) is 10.6 Å². The average molecular weight is 276 g/mol. The van der Waals surface area contributed by atoms with E-state index in [9.17, 15) is 10.1 Å². The van der Waals surface area contributed by atoms with Crippen molar-refractivity contribution in [2.24, 2.45) is 11.8 Å². The average Bonchev–Trinajstić information content (AvgIpc) is 2.46. The van der Waals surface area contributed by atoms with Crippen LogP contribution in [0.25, 0.3) is 0 Å². The van der Waals surface area contributed by atoms with Gasteiger partial charge in [-0.2, -0.15) is 0 Å². The fraction of sp³-hybridized carbons (Fsp3) is 0.625. The van der Waals surface area contributed by atoms with E-state index in [1.807, 2.05) is 12.1 Å². The molecule has 4 heteroatoms. The van der Waals surface area contributed by atoms with Gasteiger partial charge in [0.15, 0.2) is 0 Å². The van der Waals surface area contributed by atoms with Crippen LogP contribution in [-0.2, 0) is 6.42 Å². The van der Waals surface area contributed by atoms with E-state index >= 15 is 0 Å². The van der Waals surface area contributed by atoms with E-state index in [0.29, 0.717) is 0 Å². The molecule has 0 aliphatic heterocycles. The Morgan fingerprint density at radius 2 is 1.85 bits per heavy atom. The third-order valence-electron chi connectivity index (χ3n) is 4.31. The summed E-state index contributed by atoms with van der Waals surface area (Å²) in [5.41, 5.74) is 1.32. The summed E-state index contributed by atoms with van der Waals surface area (Å²) in [6.45, 7) is 4.40. The number of nitrogens with one attached hydrogen (secondary N) is 1. The molecule has 2 rings (SSSR count). The number of rotatable bonds is 6. The second-order valence-corrected chi connectivity index (χ2v) is 6.00. The topological polar surface area (TPSA) is 55.2 Å². The molecule has 1 fully saturated rings. The quantitative estimate of drug-likeness (QED) is 0.491. The predicted octanol–water partition coefficient (Wildman–Crippen LogP) is 3.55. The number of nitro groups is 1. The van der Waals surface area contributed by atoms with Crippen molar-refractivity contribution in [3.8, 4) is 0 Å². The van der Waals surface area contributed by atoms with E-state index in [1.165, 1.54) is 25.7 Å². The van der Waals surface area contributed by atoms with Crippen molar-refractivity contribution in [2.75, 3.05) is 13.1 Å². The van der Waals surface area contributed by atoms with Gasteiger partial charge in [0.2, 0.25) is 0 Å². The van der Waals surface area contributed by atoms with Gasteiger partial charge in [0, 0.05) is 12.1 Å². The van der Waals surface area contributed by atoms with Crippen molar-refractivity contribution in [2.45, 2.75) is 39.0 Å². The molecule has 1 aliphatic carbocycles. The number of non-ortho nitro benzene ring substituents is 1. The van der Waals surface area contributed by atoms with E-state index in [0.717, 1.165) is 36.9 Å². The summed E-state index contributed by atoms with van der Waals surface area (Å²) < 4.78 is 0. The fourth-order valence-electron chi connectivity index (χ4n) is 2.86. The van der Waals surface area contributed by atoms with E-state index in [2.05, 4.69) is 12.2 Å². The number of nitro benzene ring substituents is 1. The van der Waals surface area contributed by atoms with Gasteiger partial charge in [0.25, 0.3) is 5.69 Å². The van der Waals surface area contributed by atoms with Crippen LogP contribution in [0.15, 0.2) is 24.3 Å². The lowest BCUT2D eigenvalue weighted by Gasteiger charge is -2.26. The molecule has 1 aromatic rings. The lowest BCUT2D eigenvalue weighted by atomic mass is 9.83. The van der Waals surface area contributed by atoms with Crippen LogP contribution in [0.4, 0.5) is 5.69 Å². The molecule has 1 aliphatic rings. The Morgan fingerprint density at radius 1 is 1.20 bits per heavy atom. The first-order valence-electron chi connectivity index (χ1n) is 7.59. The first-order valence-corrected chi connectivity index (χ1v) is 7.59. The zero-order valence-electron chi connectivity index (χ0n) is 12.2. The zero-order chi connectivity index (χ0) is 14.4. The normalized spacial score (nSPS) is 22.6. The summed E-state index contributed by atoms with van der Waals surface area (Å²) >= 11 is 0. The molecule has 110 valence electrons. The monoisotopic (exact) mass is 276 g/mol. The summed E-state index contributed by atoms with van der Waals surface area (Å²) in [7, 11) is 0. The van der Waals surface area contributed by atoms with Crippen molar-refractivity contribution in [1.82, 2.24) is 5.32 Å². The second-order valence-electron chi connectivity index (χ2n) is 6.00. The van der Waals surface area contributed by atoms with Crippen molar-refractivity contribution < 1.29 is 4.92 Å². The van der Waals surface area contributed by atoms with Gasteiger partial charge >= 0.3 is 0 Å². The van der Waals surface area contributed by atoms with Gasteiger partial charge in [-0.05, 0) is 49.8 Å². The van der Waals surface area contributed by atoms with Crippen molar-refractivity contribution in [3.05, 3.63) is 39.9 Å². The zero-order valence-corrected chi connectivity index (χ0v) is 12.2. The first-order chi connectivity index (χ1) is 9.65. The van der Waals surface area contributed by atoms with Crippen molar-refractivity contribution in [3.63, 3.8) is 0 Å². The Balaban J connectivity index is 1.64. The Labute approximate surface area is 120 Å². The van der Waals surface area contributed by atoms with E-state index in [4.69, 9.17) is 0 Å². The van der Waals surface area contributed by atoms with Crippen LogP contribution in [0.3, 0.4) is 0 Å². The minimum atomic E-state index is -0.355. The number of hydrogen-bond acceptors (Lipinski definition) is 3. The van der Waals surface area contributed by atoms with Gasteiger partial charge < -0.3 is 5.32 Å². The van der Waals surface area contributed by atoms with Crippen LogP contribution in [0.5, 0.6) is 0 Å². The van der Waals surface area contributed by atoms with Crippen molar-refractivity contribution >= 4 is 5.69 Å². The minimum Gasteiger partial charge on any atom is -0.316 e. The van der Waals surface area contributed by atoms with Gasteiger partial charge in [-0.15, -0.1) is 0 Å². The number of nitrogens with zero attached hydrogens (tertiary/aromatic N) is 1. The van der Waals surface area contributed by atoms with Gasteiger partial charge in [0.1, 0.15) is 0 Å². The van der Waals surface area contributed by atoms with Gasteiger partial charge in [-0.25, -0.2) is 0 Å². The Kier molecular flexibility index (Phi) is 5.53. The molecule has 0 heterocycles. The Hall–Kier alpha value is -1.42. The highest BCUT2D eigenvalue weighted by molar-refractivity contribution is 5.32. The van der Waals surface area contributed by atoms with Crippen LogP contribution in [0.2, 0.25) is 0 Å². The summed E-state index contributed by atoms with van der Waals surface area (Å²) in [6, 6.07) is 6.86. The fourth-order valence-corrected chi connectivity index (χ4v) is 2.86. The standard InChI is InChI=1S/C16H24N2O2/c1-13-2-4-15(5-3-13)12-17-11-10-14-6-8-16(9-7-14)18(19)20/h6-9,13,15,17H,2-5,10-12H2,1H3. The van der Waals surface area contributed by atoms with Gasteiger partial charge in [-0.1, -0.05) is 31.9 Å². The van der Waals surface area contributed by atoms with Crippen LogP contribution < -0.4 is 5.32 Å². The predicted molar refractivity (Wildman–Crippen MR) is 80.8 cm³/mol. The highest BCUT2D eigenvalue weighted by Gasteiger charge is 2.17. The molecule has 0 radical (unpaired) electrons. The second kappa shape index (κ2) is 7.39.